The van der Waals surface area contributed by atoms with Gasteiger partial charge in [0, 0.05) is 24.1 Å². The summed E-state index contributed by atoms with van der Waals surface area (Å²) < 4.78 is 6.93. The number of amides is 2. The molecule has 1 aliphatic rings. The van der Waals surface area contributed by atoms with Crippen molar-refractivity contribution in [3.63, 3.8) is 0 Å². The number of nitrogens with zero attached hydrogens (tertiary/aromatic N) is 2. The predicted octanol–water partition coefficient (Wildman–Crippen LogP) is 2.93. The van der Waals surface area contributed by atoms with Crippen molar-refractivity contribution in [1.82, 2.24) is 15.1 Å². The highest BCUT2D eigenvalue weighted by Crippen LogP contribution is 2.39. The molecule has 0 unspecified atom stereocenters. The Bertz CT molecular complexity index is 1120. The number of aryl methyl sites for hydroxylation is 3. The van der Waals surface area contributed by atoms with E-state index in [4.69, 9.17) is 4.74 Å². The Kier molecular flexibility index (Phi) is 5.03. The van der Waals surface area contributed by atoms with Crippen LogP contribution < -0.4 is 15.4 Å². The first-order chi connectivity index (χ1) is 14.4. The molecule has 0 spiro atoms. The highest BCUT2D eigenvalue weighted by atomic mass is 16.5. The molecule has 0 radical (unpaired) electrons. The van der Waals surface area contributed by atoms with E-state index < -0.39 is 6.04 Å². The number of nitrogens with one attached hydrogen (secondary N) is 2. The van der Waals surface area contributed by atoms with E-state index in [0.717, 1.165) is 28.1 Å². The van der Waals surface area contributed by atoms with Crippen LogP contribution in [0.15, 0.2) is 48.5 Å². The average molecular weight is 404 g/mol. The summed E-state index contributed by atoms with van der Waals surface area (Å²) in [4.78, 5) is 26.0. The van der Waals surface area contributed by atoms with Crippen LogP contribution in [0.1, 0.15) is 38.7 Å². The van der Waals surface area contributed by atoms with Crippen LogP contribution in [-0.2, 0) is 11.8 Å². The fourth-order valence-electron chi connectivity index (χ4n) is 4.04. The van der Waals surface area contributed by atoms with Crippen LogP contribution in [0.3, 0.4) is 0 Å². The van der Waals surface area contributed by atoms with Gasteiger partial charge in [-0.05, 0) is 43.7 Å². The summed E-state index contributed by atoms with van der Waals surface area (Å²) in [5.74, 6) is 0.443. The van der Waals surface area contributed by atoms with Gasteiger partial charge >= 0.3 is 0 Å². The maximum Gasteiger partial charge on any atom is 0.251 e. The topological polar surface area (TPSA) is 85.2 Å². The highest BCUT2D eigenvalue weighted by Gasteiger charge is 2.41. The molecule has 0 bridgehead atoms. The van der Waals surface area contributed by atoms with Crippen LogP contribution in [0.5, 0.6) is 5.75 Å². The predicted molar refractivity (Wildman–Crippen MR) is 114 cm³/mol. The smallest absolute Gasteiger partial charge is 0.251 e. The normalized spacial score (nSPS) is 17.8. The monoisotopic (exact) mass is 404 g/mol. The summed E-state index contributed by atoms with van der Waals surface area (Å²) in [7, 11) is 3.40. The minimum absolute atomic E-state index is 0.271. The summed E-state index contributed by atoms with van der Waals surface area (Å²) in [6.45, 7) is 3.84. The summed E-state index contributed by atoms with van der Waals surface area (Å²) in [6.07, 6.45) is 0. The van der Waals surface area contributed by atoms with E-state index in [-0.39, 0.29) is 17.7 Å². The zero-order valence-electron chi connectivity index (χ0n) is 17.4. The van der Waals surface area contributed by atoms with Gasteiger partial charge in [-0.25, -0.2) is 0 Å². The first-order valence-electron chi connectivity index (χ1n) is 9.75. The Morgan fingerprint density at radius 2 is 1.90 bits per heavy atom. The molecule has 3 aromatic rings. The number of benzene rings is 2. The molecule has 154 valence electrons. The third kappa shape index (κ3) is 3.43. The quantitative estimate of drug-likeness (QED) is 0.700. The summed E-state index contributed by atoms with van der Waals surface area (Å²) in [6, 6.07) is 14.1. The second-order valence-electron chi connectivity index (χ2n) is 7.53. The Morgan fingerprint density at radius 1 is 1.17 bits per heavy atom. The molecular weight excluding hydrogens is 380 g/mol. The number of hydrogen-bond donors (Lipinski definition) is 2. The second-order valence-corrected chi connectivity index (χ2v) is 7.53. The van der Waals surface area contributed by atoms with Crippen molar-refractivity contribution in [3.05, 3.63) is 76.5 Å². The van der Waals surface area contributed by atoms with Gasteiger partial charge in [0.2, 0.25) is 5.91 Å². The minimum Gasteiger partial charge on any atom is -0.497 e. The van der Waals surface area contributed by atoms with Crippen molar-refractivity contribution in [2.45, 2.75) is 25.8 Å². The second kappa shape index (κ2) is 7.67. The van der Waals surface area contributed by atoms with Gasteiger partial charge in [-0.3, -0.25) is 14.3 Å². The van der Waals surface area contributed by atoms with Gasteiger partial charge in [0.1, 0.15) is 17.6 Å². The van der Waals surface area contributed by atoms with Gasteiger partial charge in [0.15, 0.2) is 0 Å². The zero-order chi connectivity index (χ0) is 21.4. The zero-order valence-corrected chi connectivity index (χ0v) is 17.4. The fraction of sp³-hybridized carbons (Fsp3) is 0.261. The SMILES string of the molecule is COc1ccc([C@@H]2c3c(C)nn(C)c3NC(=O)[C@H]2NC(=O)c2cccc(C)c2)cc1. The standard InChI is InChI=1S/C23H24N4O3/c1-13-6-5-7-16(12-13)22(28)24-20-19(15-8-10-17(30-4)11-9-15)18-14(2)26-27(3)21(18)25-23(20)29/h5-12,19-20H,1-4H3,(H,24,28)(H,25,29)/t19-,20+/m1/s1. The largest absolute Gasteiger partial charge is 0.497 e. The fourth-order valence-corrected chi connectivity index (χ4v) is 4.04. The molecule has 0 saturated heterocycles. The van der Waals surface area contributed by atoms with Crippen LogP contribution >= 0.6 is 0 Å². The Hall–Kier alpha value is -3.61. The number of carbonyl (C=O) groups excluding carboxylic acids is 2. The maximum absolute atomic E-state index is 13.1. The van der Waals surface area contributed by atoms with Crippen LogP contribution in [-0.4, -0.2) is 34.7 Å². The van der Waals surface area contributed by atoms with Crippen LogP contribution in [0, 0.1) is 13.8 Å². The summed E-state index contributed by atoms with van der Waals surface area (Å²) in [5, 5.41) is 10.3. The number of aromatic nitrogens is 2. The molecule has 2 atom stereocenters. The first-order valence-corrected chi connectivity index (χ1v) is 9.75. The lowest BCUT2D eigenvalue weighted by Gasteiger charge is -2.32. The number of carbonyl (C=O) groups is 2. The molecule has 2 amide bonds. The average Bonchev–Trinajstić information content (AvgIpc) is 3.01. The lowest BCUT2D eigenvalue weighted by atomic mass is 9.82. The molecule has 2 aromatic carbocycles. The van der Waals surface area contributed by atoms with Gasteiger partial charge in [-0.15, -0.1) is 0 Å². The van der Waals surface area contributed by atoms with Crippen molar-refractivity contribution in [2.75, 3.05) is 12.4 Å². The molecule has 0 aliphatic carbocycles. The number of anilines is 1. The third-order valence-corrected chi connectivity index (χ3v) is 5.48. The molecule has 7 nitrogen and oxygen atoms in total. The van der Waals surface area contributed by atoms with E-state index >= 15 is 0 Å². The molecule has 7 heteroatoms. The van der Waals surface area contributed by atoms with Crippen molar-refractivity contribution in [2.24, 2.45) is 7.05 Å². The van der Waals surface area contributed by atoms with Crippen molar-refractivity contribution >= 4 is 17.6 Å². The Labute approximate surface area is 175 Å². The van der Waals surface area contributed by atoms with Crippen molar-refractivity contribution < 1.29 is 14.3 Å². The molecule has 0 saturated carbocycles. The summed E-state index contributed by atoms with van der Waals surface area (Å²) in [5.41, 5.74) is 4.11. The van der Waals surface area contributed by atoms with E-state index in [1.807, 2.05) is 50.2 Å². The molecule has 1 aliphatic heterocycles. The van der Waals surface area contributed by atoms with E-state index in [1.54, 1.807) is 31.0 Å². The molecule has 0 fully saturated rings. The van der Waals surface area contributed by atoms with Crippen LogP contribution in [0.2, 0.25) is 0 Å². The number of rotatable bonds is 4. The number of hydrogen-bond acceptors (Lipinski definition) is 4. The van der Waals surface area contributed by atoms with E-state index in [1.165, 1.54) is 0 Å². The lowest BCUT2D eigenvalue weighted by molar-refractivity contribution is -0.118. The number of methoxy groups -OCH3 is 1. The van der Waals surface area contributed by atoms with Crippen LogP contribution in [0.4, 0.5) is 5.82 Å². The highest BCUT2D eigenvalue weighted by molar-refractivity contribution is 6.04. The number of fused-ring (bicyclic) bond motifs is 1. The van der Waals surface area contributed by atoms with Gasteiger partial charge in [0.25, 0.3) is 5.91 Å². The van der Waals surface area contributed by atoms with Gasteiger partial charge in [-0.2, -0.15) is 5.10 Å². The molecule has 30 heavy (non-hydrogen) atoms. The van der Waals surface area contributed by atoms with Crippen molar-refractivity contribution in [1.29, 1.82) is 0 Å². The molecule has 2 N–H and O–H groups in total. The Morgan fingerprint density at radius 3 is 2.57 bits per heavy atom. The molecule has 1 aromatic heterocycles. The third-order valence-electron chi connectivity index (χ3n) is 5.48. The van der Waals surface area contributed by atoms with Gasteiger partial charge in [0.05, 0.1) is 12.8 Å². The van der Waals surface area contributed by atoms with Crippen LogP contribution in [0.25, 0.3) is 0 Å². The Balaban J connectivity index is 1.77. The maximum atomic E-state index is 13.1. The number of ether oxygens (including phenoxy) is 1. The van der Waals surface area contributed by atoms with E-state index in [2.05, 4.69) is 15.7 Å². The minimum atomic E-state index is -0.776. The van der Waals surface area contributed by atoms with E-state index in [0.29, 0.717) is 11.4 Å². The molecule has 2 heterocycles. The van der Waals surface area contributed by atoms with Gasteiger partial charge in [-0.1, -0.05) is 29.8 Å². The summed E-state index contributed by atoms with van der Waals surface area (Å²) >= 11 is 0. The lowest BCUT2D eigenvalue weighted by Crippen LogP contribution is -2.50. The van der Waals surface area contributed by atoms with Gasteiger partial charge < -0.3 is 15.4 Å². The molecular formula is C23H24N4O3. The molecule has 4 rings (SSSR count). The van der Waals surface area contributed by atoms with Crippen molar-refractivity contribution in [3.8, 4) is 5.75 Å². The van der Waals surface area contributed by atoms with E-state index in [9.17, 15) is 9.59 Å². The first kappa shape index (κ1) is 19.7.